The molecule has 2 aromatic rings. The lowest BCUT2D eigenvalue weighted by Gasteiger charge is -2.06. The van der Waals surface area contributed by atoms with Gasteiger partial charge in [0, 0.05) is 21.3 Å². The number of rotatable bonds is 3. The molecule has 18 heavy (non-hydrogen) atoms. The highest BCUT2D eigenvalue weighted by Crippen LogP contribution is 2.19. The maximum absolute atomic E-state index is 12.0. The third kappa shape index (κ3) is 2.70. The predicted molar refractivity (Wildman–Crippen MR) is 74.5 cm³/mol. The second kappa shape index (κ2) is 5.22. The Labute approximate surface area is 113 Å². The number of halogens is 1. The summed E-state index contributed by atoms with van der Waals surface area (Å²) >= 11 is 3.31. The number of anilines is 2. The van der Waals surface area contributed by atoms with Crippen LogP contribution in [0.3, 0.4) is 0 Å². The van der Waals surface area contributed by atoms with Crippen LogP contribution in [0.15, 0.2) is 28.9 Å². The van der Waals surface area contributed by atoms with E-state index in [0.717, 1.165) is 16.5 Å². The highest BCUT2D eigenvalue weighted by Gasteiger charge is 2.11. The Balaban J connectivity index is 2.22. The standard InChI is InChI=1S/C12H13BrN4O/c1-2-7-6-15-17-11(7)16-12(18)8-3-9(13)5-10(14)4-8/h3-6H,2,14H2,1H3,(H2,15,16,17,18). The Morgan fingerprint density at radius 1 is 1.50 bits per heavy atom. The minimum absolute atomic E-state index is 0.220. The van der Waals surface area contributed by atoms with E-state index in [2.05, 4.69) is 31.4 Å². The van der Waals surface area contributed by atoms with Crippen molar-refractivity contribution in [1.82, 2.24) is 10.2 Å². The van der Waals surface area contributed by atoms with E-state index < -0.39 is 0 Å². The molecule has 0 saturated heterocycles. The molecule has 0 atom stereocenters. The Morgan fingerprint density at radius 3 is 2.94 bits per heavy atom. The summed E-state index contributed by atoms with van der Waals surface area (Å²) in [4.78, 5) is 12.0. The molecular formula is C12H13BrN4O. The van der Waals surface area contributed by atoms with Gasteiger partial charge in [-0.1, -0.05) is 22.9 Å². The molecule has 0 bridgehead atoms. The molecule has 0 aliphatic heterocycles. The molecule has 1 aromatic heterocycles. The average Bonchev–Trinajstić information content (AvgIpc) is 2.75. The fourth-order valence-corrected chi connectivity index (χ4v) is 2.13. The largest absolute Gasteiger partial charge is 0.399 e. The van der Waals surface area contributed by atoms with E-state index in [0.29, 0.717) is 17.1 Å². The second-order valence-electron chi connectivity index (χ2n) is 3.85. The van der Waals surface area contributed by atoms with E-state index in [1.54, 1.807) is 24.4 Å². The van der Waals surface area contributed by atoms with Gasteiger partial charge in [0.1, 0.15) is 5.82 Å². The Bertz CT molecular complexity index is 559. The fourth-order valence-electron chi connectivity index (χ4n) is 1.62. The highest BCUT2D eigenvalue weighted by molar-refractivity contribution is 9.10. The van der Waals surface area contributed by atoms with Gasteiger partial charge in [0.15, 0.2) is 0 Å². The Kier molecular flexibility index (Phi) is 3.66. The van der Waals surface area contributed by atoms with Crippen LogP contribution in [-0.2, 0) is 6.42 Å². The number of aromatic nitrogens is 2. The number of hydrogen-bond donors (Lipinski definition) is 3. The molecule has 0 saturated carbocycles. The maximum atomic E-state index is 12.0. The van der Waals surface area contributed by atoms with Gasteiger partial charge in [-0.2, -0.15) is 5.10 Å². The molecule has 4 N–H and O–H groups in total. The van der Waals surface area contributed by atoms with Crippen molar-refractivity contribution >= 4 is 33.3 Å². The van der Waals surface area contributed by atoms with Crippen molar-refractivity contribution in [2.45, 2.75) is 13.3 Å². The lowest BCUT2D eigenvalue weighted by molar-refractivity contribution is 0.102. The summed E-state index contributed by atoms with van der Waals surface area (Å²) in [7, 11) is 0. The van der Waals surface area contributed by atoms with Gasteiger partial charge in [0.25, 0.3) is 5.91 Å². The first kappa shape index (κ1) is 12.6. The SMILES string of the molecule is CCc1cn[nH]c1NC(=O)c1cc(N)cc(Br)c1. The van der Waals surface area contributed by atoms with Crippen molar-refractivity contribution in [1.29, 1.82) is 0 Å². The molecule has 0 spiro atoms. The zero-order valence-corrected chi connectivity index (χ0v) is 11.4. The fraction of sp³-hybridized carbons (Fsp3) is 0.167. The molecule has 5 nitrogen and oxygen atoms in total. The minimum Gasteiger partial charge on any atom is -0.399 e. The number of benzene rings is 1. The van der Waals surface area contributed by atoms with Crippen LogP contribution in [0, 0.1) is 0 Å². The predicted octanol–water partition coefficient (Wildman–Crippen LogP) is 2.57. The normalized spacial score (nSPS) is 10.3. The summed E-state index contributed by atoms with van der Waals surface area (Å²) in [6, 6.07) is 5.08. The molecule has 2 rings (SSSR count). The second-order valence-corrected chi connectivity index (χ2v) is 4.77. The zero-order valence-electron chi connectivity index (χ0n) is 9.83. The van der Waals surface area contributed by atoms with Gasteiger partial charge in [-0.25, -0.2) is 0 Å². The van der Waals surface area contributed by atoms with Crippen molar-refractivity contribution in [3.8, 4) is 0 Å². The van der Waals surface area contributed by atoms with Crippen LogP contribution in [0.25, 0.3) is 0 Å². The molecule has 1 heterocycles. The average molecular weight is 309 g/mol. The van der Waals surface area contributed by atoms with Crippen LogP contribution < -0.4 is 11.1 Å². The number of H-pyrrole nitrogens is 1. The van der Waals surface area contributed by atoms with Gasteiger partial charge in [0.05, 0.1) is 6.20 Å². The Morgan fingerprint density at radius 2 is 2.28 bits per heavy atom. The molecule has 1 amide bonds. The number of nitrogens with one attached hydrogen (secondary N) is 2. The smallest absolute Gasteiger partial charge is 0.256 e. The number of nitrogens with zero attached hydrogens (tertiary/aromatic N) is 1. The summed E-state index contributed by atoms with van der Waals surface area (Å²) in [6.07, 6.45) is 2.50. The van der Waals surface area contributed by atoms with Gasteiger partial charge in [0.2, 0.25) is 0 Å². The number of nitrogen functional groups attached to an aromatic ring is 1. The van der Waals surface area contributed by atoms with E-state index in [1.165, 1.54) is 0 Å². The topological polar surface area (TPSA) is 83.8 Å². The van der Waals surface area contributed by atoms with E-state index in [4.69, 9.17) is 5.73 Å². The molecule has 6 heteroatoms. The van der Waals surface area contributed by atoms with Gasteiger partial charge >= 0.3 is 0 Å². The van der Waals surface area contributed by atoms with Crippen molar-refractivity contribution in [3.05, 3.63) is 40.0 Å². The van der Waals surface area contributed by atoms with Crippen molar-refractivity contribution in [2.24, 2.45) is 0 Å². The Hall–Kier alpha value is -1.82. The first-order valence-electron chi connectivity index (χ1n) is 5.49. The lowest BCUT2D eigenvalue weighted by Crippen LogP contribution is -2.13. The molecule has 0 unspecified atom stereocenters. The van der Waals surface area contributed by atoms with Gasteiger partial charge in [-0.15, -0.1) is 0 Å². The molecular weight excluding hydrogens is 296 g/mol. The first-order chi connectivity index (χ1) is 8.60. The third-order valence-corrected chi connectivity index (χ3v) is 2.98. The monoisotopic (exact) mass is 308 g/mol. The molecule has 0 radical (unpaired) electrons. The quantitative estimate of drug-likeness (QED) is 0.762. The van der Waals surface area contributed by atoms with Crippen molar-refractivity contribution in [2.75, 3.05) is 11.1 Å². The van der Waals surface area contributed by atoms with Crippen LogP contribution in [0.5, 0.6) is 0 Å². The van der Waals surface area contributed by atoms with E-state index in [-0.39, 0.29) is 5.91 Å². The van der Waals surface area contributed by atoms with Gasteiger partial charge in [-0.3, -0.25) is 9.89 Å². The summed E-state index contributed by atoms with van der Waals surface area (Å²) < 4.78 is 0.771. The van der Waals surface area contributed by atoms with Crippen LogP contribution in [0.1, 0.15) is 22.8 Å². The third-order valence-electron chi connectivity index (χ3n) is 2.52. The zero-order chi connectivity index (χ0) is 13.1. The number of hydrogen-bond acceptors (Lipinski definition) is 3. The molecule has 0 aliphatic carbocycles. The number of aromatic amines is 1. The van der Waals surface area contributed by atoms with Gasteiger partial charge < -0.3 is 11.1 Å². The van der Waals surface area contributed by atoms with Crippen molar-refractivity contribution in [3.63, 3.8) is 0 Å². The molecule has 0 aliphatic rings. The van der Waals surface area contributed by atoms with Crippen LogP contribution in [0.4, 0.5) is 11.5 Å². The van der Waals surface area contributed by atoms with E-state index in [9.17, 15) is 4.79 Å². The summed E-state index contributed by atoms with van der Waals surface area (Å²) in [6.45, 7) is 2.00. The summed E-state index contributed by atoms with van der Waals surface area (Å²) in [5, 5.41) is 9.44. The van der Waals surface area contributed by atoms with E-state index in [1.807, 2.05) is 6.92 Å². The molecule has 1 aromatic carbocycles. The summed E-state index contributed by atoms with van der Waals surface area (Å²) in [5.74, 6) is 0.406. The lowest BCUT2D eigenvalue weighted by atomic mass is 10.2. The number of amides is 1. The van der Waals surface area contributed by atoms with Crippen LogP contribution in [0.2, 0.25) is 0 Å². The highest BCUT2D eigenvalue weighted by atomic mass is 79.9. The number of aryl methyl sites for hydroxylation is 1. The molecule has 94 valence electrons. The minimum atomic E-state index is -0.220. The van der Waals surface area contributed by atoms with Gasteiger partial charge in [-0.05, 0) is 24.6 Å². The number of nitrogens with two attached hydrogens (primary N) is 1. The van der Waals surface area contributed by atoms with Crippen LogP contribution >= 0.6 is 15.9 Å². The molecule has 0 fully saturated rings. The van der Waals surface area contributed by atoms with Crippen LogP contribution in [-0.4, -0.2) is 16.1 Å². The number of carbonyl (C=O) groups is 1. The first-order valence-corrected chi connectivity index (χ1v) is 6.29. The number of carbonyl (C=O) groups excluding carboxylic acids is 1. The summed E-state index contributed by atoms with van der Waals surface area (Å²) in [5.41, 5.74) is 7.70. The van der Waals surface area contributed by atoms with Crippen molar-refractivity contribution < 1.29 is 4.79 Å². The maximum Gasteiger partial charge on any atom is 0.256 e. The van der Waals surface area contributed by atoms with E-state index >= 15 is 0 Å².